The molecule has 22 heavy (non-hydrogen) atoms. The fraction of sp³-hybridized carbons (Fsp3) is 0.278. The maximum atomic E-state index is 11.4. The highest BCUT2D eigenvalue weighted by atomic mass is 16.5. The first-order valence-corrected chi connectivity index (χ1v) is 7.30. The molecule has 0 radical (unpaired) electrons. The van der Waals surface area contributed by atoms with Gasteiger partial charge in [-0.1, -0.05) is 12.1 Å². The second kappa shape index (κ2) is 6.20. The summed E-state index contributed by atoms with van der Waals surface area (Å²) < 4.78 is 10.4. The predicted octanol–water partition coefficient (Wildman–Crippen LogP) is 3.06. The fourth-order valence-corrected chi connectivity index (χ4v) is 2.69. The highest BCUT2D eigenvalue weighted by Crippen LogP contribution is 2.35. The van der Waals surface area contributed by atoms with Gasteiger partial charge in [0.05, 0.1) is 18.9 Å². The van der Waals surface area contributed by atoms with Gasteiger partial charge in [-0.2, -0.15) is 0 Å². The van der Waals surface area contributed by atoms with E-state index in [-0.39, 0.29) is 18.5 Å². The minimum absolute atomic E-state index is 0.158. The summed E-state index contributed by atoms with van der Waals surface area (Å²) >= 11 is 0. The zero-order chi connectivity index (χ0) is 15.5. The third-order valence-electron chi connectivity index (χ3n) is 4.00. The Bertz CT molecular complexity index is 665. The van der Waals surface area contributed by atoms with E-state index in [0.717, 1.165) is 35.3 Å². The molecule has 1 heterocycles. The number of benzene rings is 1. The van der Waals surface area contributed by atoms with Gasteiger partial charge in [0.25, 0.3) is 0 Å². The highest BCUT2D eigenvalue weighted by molar-refractivity contribution is 5.90. The van der Waals surface area contributed by atoms with Crippen molar-refractivity contribution in [2.24, 2.45) is 5.92 Å². The van der Waals surface area contributed by atoms with Crippen LogP contribution in [0.1, 0.15) is 28.8 Å². The van der Waals surface area contributed by atoms with E-state index < -0.39 is 0 Å². The van der Waals surface area contributed by atoms with Crippen molar-refractivity contribution < 1.29 is 19.4 Å². The Morgan fingerprint density at radius 2 is 2.14 bits per heavy atom. The molecule has 114 valence electrons. The van der Waals surface area contributed by atoms with Gasteiger partial charge in [0.15, 0.2) is 0 Å². The average Bonchev–Trinajstić information content (AvgIpc) is 2.60. The maximum Gasteiger partial charge on any atom is 0.337 e. The lowest BCUT2D eigenvalue weighted by atomic mass is 9.89. The van der Waals surface area contributed by atoms with Crippen molar-refractivity contribution in [3.05, 3.63) is 65.1 Å². The lowest BCUT2D eigenvalue weighted by Gasteiger charge is -2.24. The van der Waals surface area contributed by atoms with E-state index in [2.05, 4.69) is 6.08 Å². The van der Waals surface area contributed by atoms with E-state index in [1.54, 1.807) is 18.4 Å². The summed E-state index contributed by atoms with van der Waals surface area (Å²) in [6, 6.07) is 7.25. The lowest BCUT2D eigenvalue weighted by Crippen LogP contribution is -2.13. The van der Waals surface area contributed by atoms with E-state index in [4.69, 9.17) is 9.47 Å². The molecular formula is C18H18O4. The molecule has 0 aromatic heterocycles. The number of carbonyl (C=O) groups excluding carboxylic acids is 1. The van der Waals surface area contributed by atoms with Crippen molar-refractivity contribution in [2.75, 3.05) is 13.7 Å². The van der Waals surface area contributed by atoms with Gasteiger partial charge in [0.2, 0.25) is 0 Å². The second-order valence-corrected chi connectivity index (χ2v) is 5.44. The molecule has 0 saturated heterocycles. The SMILES string of the molecule is COC(=O)c1ccc(C2=COC3=C[C@H](CO)CCC3=C2)cc1. The van der Waals surface area contributed by atoms with E-state index in [1.807, 2.05) is 18.2 Å². The van der Waals surface area contributed by atoms with E-state index in [1.165, 1.54) is 7.11 Å². The summed E-state index contributed by atoms with van der Waals surface area (Å²) in [6.07, 6.45) is 7.64. The monoisotopic (exact) mass is 298 g/mol. The van der Waals surface area contributed by atoms with Crippen molar-refractivity contribution in [1.82, 2.24) is 0 Å². The Hall–Kier alpha value is -2.33. The van der Waals surface area contributed by atoms with Gasteiger partial charge in [-0.05, 0) is 48.3 Å². The number of esters is 1. The van der Waals surface area contributed by atoms with Crippen LogP contribution in [0.5, 0.6) is 0 Å². The summed E-state index contributed by atoms with van der Waals surface area (Å²) in [5, 5.41) is 9.23. The minimum Gasteiger partial charge on any atom is -0.465 e. The molecule has 2 aliphatic rings. The molecule has 1 N–H and O–H groups in total. The molecule has 0 bridgehead atoms. The van der Waals surface area contributed by atoms with Crippen molar-refractivity contribution >= 4 is 11.5 Å². The van der Waals surface area contributed by atoms with Crippen molar-refractivity contribution in [3.63, 3.8) is 0 Å². The smallest absolute Gasteiger partial charge is 0.337 e. The lowest BCUT2D eigenvalue weighted by molar-refractivity contribution is 0.0600. The largest absolute Gasteiger partial charge is 0.465 e. The van der Waals surface area contributed by atoms with Gasteiger partial charge in [-0.15, -0.1) is 0 Å². The molecule has 0 amide bonds. The summed E-state index contributed by atoms with van der Waals surface area (Å²) in [5.41, 5.74) is 3.65. The van der Waals surface area contributed by atoms with Crippen molar-refractivity contribution in [1.29, 1.82) is 0 Å². The van der Waals surface area contributed by atoms with Crippen LogP contribution >= 0.6 is 0 Å². The molecule has 1 atom stereocenters. The first-order chi connectivity index (χ1) is 10.7. The number of methoxy groups -OCH3 is 1. The van der Waals surface area contributed by atoms with Crippen LogP contribution in [0.4, 0.5) is 0 Å². The van der Waals surface area contributed by atoms with Crippen molar-refractivity contribution in [2.45, 2.75) is 12.8 Å². The number of aliphatic hydroxyl groups excluding tert-OH is 1. The Morgan fingerprint density at radius 1 is 1.36 bits per heavy atom. The first-order valence-electron chi connectivity index (χ1n) is 7.30. The second-order valence-electron chi connectivity index (χ2n) is 5.44. The predicted molar refractivity (Wildman–Crippen MR) is 82.8 cm³/mol. The quantitative estimate of drug-likeness (QED) is 0.871. The van der Waals surface area contributed by atoms with Crippen LogP contribution in [0, 0.1) is 5.92 Å². The summed E-state index contributed by atoms with van der Waals surface area (Å²) in [4.78, 5) is 11.4. The van der Waals surface area contributed by atoms with Gasteiger partial charge in [0.1, 0.15) is 5.76 Å². The van der Waals surface area contributed by atoms with E-state index in [0.29, 0.717) is 5.56 Å². The summed E-state index contributed by atoms with van der Waals surface area (Å²) in [6.45, 7) is 0.158. The number of aliphatic hydroxyl groups is 1. The number of rotatable bonds is 3. The zero-order valence-electron chi connectivity index (χ0n) is 12.4. The first kappa shape index (κ1) is 14.6. The van der Waals surface area contributed by atoms with Crippen LogP contribution in [-0.4, -0.2) is 24.8 Å². The van der Waals surface area contributed by atoms with Crippen molar-refractivity contribution in [3.8, 4) is 0 Å². The third kappa shape index (κ3) is 2.83. The molecular weight excluding hydrogens is 280 g/mol. The van der Waals surface area contributed by atoms with Crippen LogP contribution in [0.2, 0.25) is 0 Å². The number of hydrogen-bond acceptors (Lipinski definition) is 4. The molecule has 0 fully saturated rings. The minimum atomic E-state index is -0.341. The van der Waals surface area contributed by atoms with E-state index in [9.17, 15) is 9.90 Å². The molecule has 4 nitrogen and oxygen atoms in total. The zero-order valence-corrected chi connectivity index (χ0v) is 12.4. The Kier molecular flexibility index (Phi) is 4.11. The Morgan fingerprint density at radius 3 is 2.82 bits per heavy atom. The molecule has 0 saturated carbocycles. The molecule has 1 aliphatic carbocycles. The van der Waals surface area contributed by atoms with Gasteiger partial charge in [-0.25, -0.2) is 4.79 Å². The number of hydrogen-bond donors (Lipinski definition) is 1. The normalized spacial score (nSPS) is 20.1. The topological polar surface area (TPSA) is 55.8 Å². The van der Waals surface area contributed by atoms with Gasteiger partial charge in [0, 0.05) is 18.1 Å². The molecule has 1 aromatic rings. The fourth-order valence-electron chi connectivity index (χ4n) is 2.69. The number of carbonyl (C=O) groups is 1. The van der Waals surface area contributed by atoms with Crippen LogP contribution in [0.3, 0.4) is 0 Å². The maximum absolute atomic E-state index is 11.4. The molecule has 4 heteroatoms. The van der Waals surface area contributed by atoms with Gasteiger partial charge < -0.3 is 14.6 Å². The number of ether oxygens (including phenoxy) is 2. The molecule has 0 spiro atoms. The highest BCUT2D eigenvalue weighted by Gasteiger charge is 2.21. The summed E-state index contributed by atoms with van der Waals surface area (Å²) in [7, 11) is 1.37. The van der Waals surface area contributed by atoms with Crippen LogP contribution in [-0.2, 0) is 9.47 Å². The van der Waals surface area contributed by atoms with Gasteiger partial charge in [-0.3, -0.25) is 0 Å². The third-order valence-corrected chi connectivity index (χ3v) is 4.00. The Labute approximate surface area is 129 Å². The standard InChI is InChI=1S/C18H18O4/c1-21-18(20)14-6-4-13(5-7-14)16-9-15-3-2-12(10-19)8-17(15)22-11-16/h4-9,11-12,19H,2-3,10H2,1H3/t12-/m1/s1. The van der Waals surface area contributed by atoms with Crippen LogP contribution in [0.15, 0.2) is 54.0 Å². The summed E-state index contributed by atoms with van der Waals surface area (Å²) in [5.74, 6) is 0.688. The van der Waals surface area contributed by atoms with E-state index >= 15 is 0 Å². The number of fused-ring (bicyclic) bond motifs is 1. The van der Waals surface area contributed by atoms with Crippen LogP contribution < -0.4 is 0 Å². The molecule has 0 unspecified atom stereocenters. The molecule has 3 rings (SSSR count). The molecule has 1 aliphatic heterocycles. The number of allylic oxidation sites excluding steroid dienone is 3. The van der Waals surface area contributed by atoms with Gasteiger partial charge >= 0.3 is 5.97 Å². The molecule has 1 aromatic carbocycles. The van der Waals surface area contributed by atoms with Crippen LogP contribution in [0.25, 0.3) is 5.57 Å². The average molecular weight is 298 g/mol. The Balaban J connectivity index is 1.81.